The Kier molecular flexibility index (Phi) is 5.10. The summed E-state index contributed by atoms with van der Waals surface area (Å²) in [4.78, 5) is 22.5. The van der Waals surface area contributed by atoms with Crippen LogP contribution in [0.1, 0.15) is 29.6 Å². The molecule has 92 valence electrons. The first-order valence-electron chi connectivity index (χ1n) is 5.09. The molecule has 3 nitrogen and oxygen atoms in total. The van der Waals surface area contributed by atoms with E-state index in [1.807, 2.05) is 0 Å². The van der Waals surface area contributed by atoms with Crippen molar-refractivity contribution in [2.24, 2.45) is 0 Å². The van der Waals surface area contributed by atoms with E-state index >= 15 is 0 Å². The fraction of sp³-hybridized carbons (Fsp3) is 0.333. The summed E-state index contributed by atoms with van der Waals surface area (Å²) in [7, 11) is 1.30. The zero-order chi connectivity index (χ0) is 12.8. The highest BCUT2D eigenvalue weighted by Gasteiger charge is 2.09. The maximum atomic E-state index is 12.9. The Morgan fingerprint density at radius 1 is 1.35 bits per heavy atom. The average molecular weight is 259 g/mol. The molecule has 0 saturated carbocycles. The van der Waals surface area contributed by atoms with E-state index in [4.69, 9.17) is 11.6 Å². The predicted octanol–water partition coefficient (Wildman–Crippen LogP) is 3.01. The number of esters is 1. The van der Waals surface area contributed by atoms with Crippen molar-refractivity contribution in [2.75, 3.05) is 7.11 Å². The molecular weight excluding hydrogens is 247 g/mol. The summed E-state index contributed by atoms with van der Waals surface area (Å²) in [5.74, 6) is -1.08. The number of ketones is 1. The smallest absolute Gasteiger partial charge is 0.305 e. The number of Topliss-reactive ketones (excluding diaryl/α,β-unsaturated/α-hetero) is 1. The Hall–Kier alpha value is -1.42. The lowest BCUT2D eigenvalue weighted by atomic mass is 10.1. The highest BCUT2D eigenvalue weighted by Crippen LogP contribution is 2.17. The number of ether oxygens (including phenoxy) is 1. The van der Waals surface area contributed by atoms with Crippen LogP contribution in [0.3, 0.4) is 0 Å². The lowest BCUT2D eigenvalue weighted by molar-refractivity contribution is -0.140. The van der Waals surface area contributed by atoms with Gasteiger partial charge >= 0.3 is 5.97 Å². The highest BCUT2D eigenvalue weighted by atomic mass is 35.5. The second kappa shape index (κ2) is 6.35. The van der Waals surface area contributed by atoms with Gasteiger partial charge in [-0.1, -0.05) is 11.6 Å². The second-order valence-corrected chi connectivity index (χ2v) is 3.89. The minimum atomic E-state index is -0.558. The molecule has 0 unspecified atom stereocenters. The molecule has 0 fully saturated rings. The van der Waals surface area contributed by atoms with Gasteiger partial charge in [0.25, 0.3) is 0 Å². The summed E-state index contributed by atoms with van der Waals surface area (Å²) < 4.78 is 17.3. The van der Waals surface area contributed by atoms with Gasteiger partial charge in [-0.2, -0.15) is 0 Å². The third-order valence-electron chi connectivity index (χ3n) is 2.25. The third kappa shape index (κ3) is 4.15. The van der Waals surface area contributed by atoms with Crippen molar-refractivity contribution in [3.05, 3.63) is 34.6 Å². The molecule has 0 heterocycles. The van der Waals surface area contributed by atoms with E-state index in [9.17, 15) is 14.0 Å². The first kappa shape index (κ1) is 13.6. The van der Waals surface area contributed by atoms with Crippen molar-refractivity contribution in [1.82, 2.24) is 0 Å². The largest absolute Gasteiger partial charge is 0.469 e. The van der Waals surface area contributed by atoms with E-state index < -0.39 is 5.82 Å². The van der Waals surface area contributed by atoms with Crippen molar-refractivity contribution in [1.29, 1.82) is 0 Å². The monoisotopic (exact) mass is 258 g/mol. The molecule has 1 aromatic rings. The van der Waals surface area contributed by atoms with Gasteiger partial charge in [0, 0.05) is 18.4 Å². The highest BCUT2D eigenvalue weighted by molar-refractivity contribution is 6.31. The van der Waals surface area contributed by atoms with Gasteiger partial charge in [-0.3, -0.25) is 9.59 Å². The maximum absolute atomic E-state index is 12.9. The van der Waals surface area contributed by atoms with Crippen LogP contribution in [0.2, 0.25) is 5.02 Å². The third-order valence-corrected chi connectivity index (χ3v) is 2.54. The van der Waals surface area contributed by atoms with E-state index in [0.29, 0.717) is 12.0 Å². The van der Waals surface area contributed by atoms with E-state index in [0.717, 1.165) is 6.07 Å². The molecule has 1 aromatic carbocycles. The molecule has 17 heavy (non-hydrogen) atoms. The minimum absolute atomic E-state index is 0.0798. The molecule has 0 aliphatic carbocycles. The number of carbonyl (C=O) groups is 2. The summed E-state index contributed by atoms with van der Waals surface area (Å²) in [5.41, 5.74) is 0.348. The van der Waals surface area contributed by atoms with Gasteiger partial charge in [-0.15, -0.1) is 0 Å². The minimum Gasteiger partial charge on any atom is -0.469 e. The quantitative estimate of drug-likeness (QED) is 0.602. The summed E-state index contributed by atoms with van der Waals surface area (Å²) in [6, 6.07) is 3.81. The summed E-state index contributed by atoms with van der Waals surface area (Å²) in [6.45, 7) is 0. The van der Waals surface area contributed by atoms with E-state index in [1.54, 1.807) is 0 Å². The molecule has 0 bridgehead atoms. The van der Waals surface area contributed by atoms with Gasteiger partial charge in [0.05, 0.1) is 12.1 Å². The van der Waals surface area contributed by atoms with Gasteiger partial charge < -0.3 is 4.74 Å². The van der Waals surface area contributed by atoms with Crippen molar-refractivity contribution in [3.63, 3.8) is 0 Å². The van der Waals surface area contributed by atoms with Gasteiger partial charge in [-0.25, -0.2) is 4.39 Å². The first-order chi connectivity index (χ1) is 8.04. The molecule has 0 aliphatic rings. The van der Waals surface area contributed by atoms with Crippen LogP contribution >= 0.6 is 11.6 Å². The fourth-order valence-electron chi connectivity index (χ4n) is 1.31. The van der Waals surface area contributed by atoms with Crippen LogP contribution in [0.4, 0.5) is 4.39 Å². The fourth-order valence-corrected chi connectivity index (χ4v) is 1.49. The number of rotatable bonds is 5. The Bertz CT molecular complexity index is 432. The average Bonchev–Trinajstić information content (AvgIpc) is 2.32. The van der Waals surface area contributed by atoms with E-state index in [-0.39, 0.29) is 29.6 Å². The van der Waals surface area contributed by atoms with Crippen molar-refractivity contribution in [2.45, 2.75) is 19.3 Å². The van der Waals surface area contributed by atoms with Gasteiger partial charge in [0.1, 0.15) is 5.82 Å². The lowest BCUT2D eigenvalue weighted by Crippen LogP contribution is -2.04. The normalized spacial score (nSPS) is 10.1. The first-order valence-corrected chi connectivity index (χ1v) is 5.47. The summed E-state index contributed by atoms with van der Waals surface area (Å²) in [5, 5.41) is -0.0798. The van der Waals surface area contributed by atoms with Crippen LogP contribution in [0.25, 0.3) is 0 Å². The molecule has 0 saturated heterocycles. The van der Waals surface area contributed by atoms with Crippen LogP contribution in [0, 0.1) is 5.82 Å². The Morgan fingerprint density at radius 3 is 2.65 bits per heavy atom. The zero-order valence-corrected chi connectivity index (χ0v) is 10.1. The van der Waals surface area contributed by atoms with Crippen LogP contribution in [0.5, 0.6) is 0 Å². The lowest BCUT2D eigenvalue weighted by Gasteiger charge is -2.02. The number of carbonyl (C=O) groups excluding carboxylic acids is 2. The molecule has 0 radical (unpaired) electrons. The molecule has 0 atom stereocenters. The summed E-state index contributed by atoms with van der Waals surface area (Å²) >= 11 is 5.56. The van der Waals surface area contributed by atoms with Crippen LogP contribution in [-0.4, -0.2) is 18.9 Å². The summed E-state index contributed by atoms with van der Waals surface area (Å²) in [6.07, 6.45) is 0.800. The van der Waals surface area contributed by atoms with Crippen LogP contribution < -0.4 is 0 Å². The molecule has 0 spiro atoms. The molecule has 0 amide bonds. The van der Waals surface area contributed by atoms with Gasteiger partial charge in [-0.05, 0) is 24.6 Å². The standard InChI is InChI=1S/C12H12ClFO3/c1-17-12(16)4-2-3-11(15)8-5-6-10(14)9(13)7-8/h5-7H,2-4H2,1H3. The number of hydrogen-bond acceptors (Lipinski definition) is 3. The van der Waals surface area contributed by atoms with Crippen molar-refractivity contribution in [3.8, 4) is 0 Å². The van der Waals surface area contributed by atoms with Gasteiger partial charge in [0.15, 0.2) is 5.78 Å². The molecule has 0 N–H and O–H groups in total. The maximum Gasteiger partial charge on any atom is 0.305 e. The topological polar surface area (TPSA) is 43.4 Å². The molecule has 1 rings (SSSR count). The van der Waals surface area contributed by atoms with Crippen LogP contribution in [-0.2, 0) is 9.53 Å². The molecule has 0 aromatic heterocycles. The van der Waals surface area contributed by atoms with Crippen molar-refractivity contribution >= 4 is 23.4 Å². The predicted molar refractivity (Wildman–Crippen MR) is 61.6 cm³/mol. The molecule has 5 heteroatoms. The zero-order valence-electron chi connectivity index (χ0n) is 9.33. The Morgan fingerprint density at radius 2 is 2.06 bits per heavy atom. The molecule has 0 aliphatic heterocycles. The van der Waals surface area contributed by atoms with Gasteiger partial charge in [0.2, 0.25) is 0 Å². The Labute approximate surface area is 104 Å². The number of benzene rings is 1. The SMILES string of the molecule is COC(=O)CCCC(=O)c1ccc(F)c(Cl)c1. The number of halogens is 2. The number of hydrogen-bond donors (Lipinski definition) is 0. The van der Waals surface area contributed by atoms with Crippen LogP contribution in [0.15, 0.2) is 18.2 Å². The second-order valence-electron chi connectivity index (χ2n) is 3.48. The van der Waals surface area contributed by atoms with Crippen molar-refractivity contribution < 1.29 is 18.7 Å². The Balaban J connectivity index is 2.52. The van der Waals surface area contributed by atoms with E-state index in [2.05, 4.69) is 4.74 Å². The molecular formula is C12H12ClFO3. The number of methoxy groups -OCH3 is 1. The van der Waals surface area contributed by atoms with E-state index in [1.165, 1.54) is 19.2 Å².